The molecule has 1 aliphatic rings. The van der Waals surface area contributed by atoms with Crippen LogP contribution in [0.3, 0.4) is 0 Å². The standard InChI is InChI=1S/C8H17N3.C2H6/c1-2-3-4-5-9-8-10-6-7-11-8;1-2/h2-7H2,1H3,(H2,9,10,11);1-2H3. The average Bonchev–Trinajstić information content (AvgIpc) is 2.68. The second-order valence-electron chi connectivity index (χ2n) is 2.79. The predicted octanol–water partition coefficient (Wildman–Crippen LogP) is 1.75. The Kier molecular flexibility index (Phi) is 8.83. The predicted molar refractivity (Wildman–Crippen MR) is 59.2 cm³/mol. The fraction of sp³-hybridized carbons (Fsp3) is 0.900. The fourth-order valence-corrected chi connectivity index (χ4v) is 1.10. The minimum atomic E-state index is 0.927. The number of unbranched alkanes of at least 4 members (excludes halogenated alkanes) is 2. The number of nitrogens with one attached hydrogen (secondary N) is 2. The van der Waals surface area contributed by atoms with Crippen molar-refractivity contribution in [2.45, 2.75) is 40.0 Å². The van der Waals surface area contributed by atoms with Gasteiger partial charge in [-0.25, -0.2) is 0 Å². The van der Waals surface area contributed by atoms with Crippen LogP contribution in [0.25, 0.3) is 0 Å². The molecule has 0 unspecified atom stereocenters. The van der Waals surface area contributed by atoms with Crippen molar-refractivity contribution in [1.29, 1.82) is 0 Å². The summed E-state index contributed by atoms with van der Waals surface area (Å²) in [7, 11) is 0. The topological polar surface area (TPSA) is 36.4 Å². The Balaban J connectivity index is 0.000000671. The first kappa shape index (κ1) is 12.3. The second kappa shape index (κ2) is 9.36. The quantitative estimate of drug-likeness (QED) is 0.655. The molecule has 13 heavy (non-hydrogen) atoms. The van der Waals surface area contributed by atoms with E-state index in [2.05, 4.69) is 22.5 Å². The Labute approximate surface area is 82.0 Å². The molecule has 0 amide bonds. The van der Waals surface area contributed by atoms with E-state index in [1.54, 1.807) is 0 Å². The molecule has 0 bridgehead atoms. The number of nitrogens with zero attached hydrogens (tertiary/aromatic N) is 1. The third kappa shape index (κ3) is 6.43. The summed E-state index contributed by atoms with van der Waals surface area (Å²) < 4.78 is 0. The lowest BCUT2D eigenvalue weighted by molar-refractivity contribution is 0.690. The van der Waals surface area contributed by atoms with Gasteiger partial charge in [0.1, 0.15) is 0 Å². The maximum absolute atomic E-state index is 4.23. The Morgan fingerprint density at radius 1 is 1.38 bits per heavy atom. The molecule has 3 nitrogen and oxygen atoms in total. The molecule has 0 aromatic carbocycles. The van der Waals surface area contributed by atoms with Gasteiger partial charge >= 0.3 is 0 Å². The number of rotatable bonds is 4. The van der Waals surface area contributed by atoms with E-state index >= 15 is 0 Å². The summed E-state index contributed by atoms with van der Waals surface area (Å²) >= 11 is 0. The monoisotopic (exact) mass is 185 g/mol. The highest BCUT2D eigenvalue weighted by atomic mass is 15.2. The zero-order chi connectivity index (χ0) is 9.94. The van der Waals surface area contributed by atoms with Gasteiger partial charge in [-0.3, -0.25) is 4.99 Å². The fourth-order valence-electron chi connectivity index (χ4n) is 1.10. The third-order valence-electron chi connectivity index (χ3n) is 1.75. The van der Waals surface area contributed by atoms with Crippen molar-refractivity contribution < 1.29 is 0 Å². The van der Waals surface area contributed by atoms with Gasteiger partial charge in [0.15, 0.2) is 5.96 Å². The van der Waals surface area contributed by atoms with Gasteiger partial charge in [0.05, 0.1) is 6.54 Å². The molecule has 0 saturated heterocycles. The van der Waals surface area contributed by atoms with Crippen LogP contribution in [0, 0.1) is 0 Å². The van der Waals surface area contributed by atoms with Crippen molar-refractivity contribution >= 4 is 5.96 Å². The van der Waals surface area contributed by atoms with E-state index in [1.807, 2.05) is 13.8 Å². The molecule has 3 heteroatoms. The minimum absolute atomic E-state index is 0.927. The molecule has 0 saturated carbocycles. The lowest BCUT2D eigenvalue weighted by atomic mass is 10.2. The summed E-state index contributed by atoms with van der Waals surface area (Å²) in [5.41, 5.74) is 0. The van der Waals surface area contributed by atoms with Crippen molar-refractivity contribution in [2.75, 3.05) is 19.6 Å². The van der Waals surface area contributed by atoms with Crippen molar-refractivity contribution in [3.05, 3.63) is 0 Å². The lowest BCUT2D eigenvalue weighted by Crippen LogP contribution is -2.34. The van der Waals surface area contributed by atoms with Gasteiger partial charge < -0.3 is 10.6 Å². The van der Waals surface area contributed by atoms with Crippen LogP contribution in [0.2, 0.25) is 0 Å². The Morgan fingerprint density at radius 2 is 2.15 bits per heavy atom. The second-order valence-corrected chi connectivity index (χ2v) is 2.79. The van der Waals surface area contributed by atoms with E-state index < -0.39 is 0 Å². The highest BCUT2D eigenvalue weighted by molar-refractivity contribution is 5.81. The van der Waals surface area contributed by atoms with Gasteiger partial charge in [0.2, 0.25) is 0 Å². The highest BCUT2D eigenvalue weighted by Crippen LogP contribution is 1.91. The first-order valence-electron chi connectivity index (χ1n) is 5.45. The van der Waals surface area contributed by atoms with E-state index in [-0.39, 0.29) is 0 Å². The zero-order valence-electron chi connectivity index (χ0n) is 9.19. The van der Waals surface area contributed by atoms with Crippen LogP contribution in [0.15, 0.2) is 4.99 Å². The van der Waals surface area contributed by atoms with Crippen molar-refractivity contribution in [1.82, 2.24) is 10.6 Å². The molecule has 0 aliphatic carbocycles. The summed E-state index contributed by atoms with van der Waals surface area (Å²) in [6, 6.07) is 0. The van der Waals surface area contributed by atoms with Gasteiger partial charge in [0, 0.05) is 13.1 Å². The molecule has 78 valence electrons. The van der Waals surface area contributed by atoms with Crippen molar-refractivity contribution in [3.63, 3.8) is 0 Å². The van der Waals surface area contributed by atoms with Crippen LogP contribution in [0.5, 0.6) is 0 Å². The summed E-state index contributed by atoms with van der Waals surface area (Å²) in [5, 5.41) is 6.43. The van der Waals surface area contributed by atoms with E-state index in [0.29, 0.717) is 0 Å². The molecular weight excluding hydrogens is 162 g/mol. The van der Waals surface area contributed by atoms with Crippen LogP contribution >= 0.6 is 0 Å². The molecule has 0 aromatic rings. The SMILES string of the molecule is CC.CCCCCNC1=NCCN1. The maximum Gasteiger partial charge on any atom is 0.191 e. The van der Waals surface area contributed by atoms with Gasteiger partial charge in [-0.15, -0.1) is 0 Å². The Bertz CT molecular complexity index is 132. The molecular formula is C10H23N3. The van der Waals surface area contributed by atoms with E-state index in [1.165, 1.54) is 19.3 Å². The van der Waals surface area contributed by atoms with Crippen LogP contribution < -0.4 is 10.6 Å². The molecule has 0 aromatic heterocycles. The Morgan fingerprint density at radius 3 is 2.69 bits per heavy atom. The minimum Gasteiger partial charge on any atom is -0.356 e. The van der Waals surface area contributed by atoms with E-state index in [9.17, 15) is 0 Å². The summed E-state index contributed by atoms with van der Waals surface area (Å²) in [6.07, 6.45) is 3.83. The molecule has 1 rings (SSSR count). The molecule has 1 heterocycles. The van der Waals surface area contributed by atoms with Crippen LogP contribution in [0.1, 0.15) is 40.0 Å². The third-order valence-corrected chi connectivity index (χ3v) is 1.75. The summed E-state index contributed by atoms with van der Waals surface area (Å²) in [5.74, 6) is 0.987. The smallest absolute Gasteiger partial charge is 0.191 e. The first-order chi connectivity index (χ1) is 6.43. The largest absolute Gasteiger partial charge is 0.356 e. The Hall–Kier alpha value is -0.730. The number of aliphatic imine (C=N–C) groups is 1. The molecule has 0 radical (unpaired) electrons. The number of hydrogen-bond donors (Lipinski definition) is 2. The molecule has 0 spiro atoms. The highest BCUT2D eigenvalue weighted by Gasteiger charge is 2.01. The molecule has 0 fully saturated rings. The molecule has 1 aliphatic heterocycles. The van der Waals surface area contributed by atoms with Gasteiger partial charge in [-0.05, 0) is 6.42 Å². The normalized spacial score (nSPS) is 13.9. The zero-order valence-corrected chi connectivity index (χ0v) is 9.19. The van der Waals surface area contributed by atoms with Crippen LogP contribution in [-0.2, 0) is 0 Å². The van der Waals surface area contributed by atoms with Crippen LogP contribution in [0.4, 0.5) is 0 Å². The van der Waals surface area contributed by atoms with Crippen molar-refractivity contribution in [3.8, 4) is 0 Å². The van der Waals surface area contributed by atoms with E-state index in [4.69, 9.17) is 0 Å². The van der Waals surface area contributed by atoms with Gasteiger partial charge in [-0.2, -0.15) is 0 Å². The maximum atomic E-state index is 4.23. The molecule has 0 atom stereocenters. The lowest BCUT2D eigenvalue weighted by Gasteiger charge is -2.04. The van der Waals surface area contributed by atoms with Gasteiger partial charge in [-0.1, -0.05) is 33.6 Å². The first-order valence-corrected chi connectivity index (χ1v) is 5.45. The average molecular weight is 185 g/mol. The molecule has 2 N–H and O–H groups in total. The van der Waals surface area contributed by atoms with E-state index in [0.717, 1.165) is 25.6 Å². The summed E-state index contributed by atoms with van der Waals surface area (Å²) in [6.45, 7) is 9.19. The summed E-state index contributed by atoms with van der Waals surface area (Å²) in [4.78, 5) is 4.23. The number of guanidine groups is 1. The van der Waals surface area contributed by atoms with Crippen LogP contribution in [-0.4, -0.2) is 25.6 Å². The number of hydrogen-bond acceptors (Lipinski definition) is 3. The van der Waals surface area contributed by atoms with Gasteiger partial charge in [0.25, 0.3) is 0 Å². The van der Waals surface area contributed by atoms with Crippen molar-refractivity contribution in [2.24, 2.45) is 4.99 Å².